The number of hydrogen-bond acceptors (Lipinski definition) is 10. The van der Waals surface area contributed by atoms with Gasteiger partial charge in [-0.1, -0.05) is 17.7 Å². The van der Waals surface area contributed by atoms with Crippen molar-refractivity contribution in [1.82, 2.24) is 49.1 Å². The third-order valence-corrected chi connectivity index (χ3v) is 6.92. The lowest BCUT2D eigenvalue weighted by Gasteiger charge is -2.21. The molecule has 0 aliphatic heterocycles. The van der Waals surface area contributed by atoms with Gasteiger partial charge in [-0.25, -0.2) is 19.9 Å². The molecule has 6 aromatic rings. The first-order valence-electron chi connectivity index (χ1n) is 12.5. The minimum atomic E-state index is -0.272. The van der Waals surface area contributed by atoms with Crippen molar-refractivity contribution < 1.29 is 0 Å². The lowest BCUT2D eigenvalue weighted by atomic mass is 10.0. The molecule has 13 nitrogen and oxygen atoms in total. The van der Waals surface area contributed by atoms with Gasteiger partial charge in [0.05, 0.1) is 29.2 Å². The molecule has 6 rings (SSSR count). The first kappa shape index (κ1) is 25.4. The summed E-state index contributed by atoms with van der Waals surface area (Å²) >= 11 is 6.23. The van der Waals surface area contributed by atoms with Crippen LogP contribution in [-0.2, 0) is 13.6 Å². The molecule has 1 unspecified atom stereocenters. The van der Waals surface area contributed by atoms with Crippen molar-refractivity contribution in [3.8, 4) is 22.8 Å². The van der Waals surface area contributed by atoms with Crippen molar-refractivity contribution in [2.45, 2.75) is 33.4 Å². The third kappa shape index (κ3) is 4.20. The van der Waals surface area contributed by atoms with Crippen LogP contribution in [-0.4, -0.2) is 49.1 Å². The molecule has 1 aromatic carbocycles. The summed E-state index contributed by atoms with van der Waals surface area (Å²) in [6.07, 6.45) is 4.89. The lowest BCUT2D eigenvalue weighted by Crippen LogP contribution is -2.21. The van der Waals surface area contributed by atoms with Crippen molar-refractivity contribution in [3.05, 3.63) is 69.6 Å². The Morgan fingerprint density at radius 3 is 2.62 bits per heavy atom. The maximum atomic E-state index is 13.7. The number of hydrogen-bond donors (Lipinski definition) is 2. The highest BCUT2D eigenvalue weighted by Gasteiger charge is 2.22. The van der Waals surface area contributed by atoms with Crippen molar-refractivity contribution in [2.75, 3.05) is 11.1 Å². The Labute approximate surface area is 232 Å². The number of nitrogens with zero attached hydrogens (tertiary/aromatic N) is 10. The maximum absolute atomic E-state index is 13.7. The molecule has 0 saturated heterocycles. The Morgan fingerprint density at radius 2 is 1.90 bits per heavy atom. The monoisotopic (exact) mass is 556 g/mol. The SMILES string of the molecule is CCn1nnc(-c2nc(Cl)ccc2NC(C)c2cc(C)cc3c(=O)n(C)c4c(-c5cnc(N)nc5)ncn4c23)n1. The Morgan fingerprint density at radius 1 is 1.12 bits per heavy atom. The van der Waals surface area contributed by atoms with E-state index in [2.05, 4.69) is 46.7 Å². The highest BCUT2D eigenvalue weighted by atomic mass is 35.5. The molecule has 40 heavy (non-hydrogen) atoms. The molecule has 1 atom stereocenters. The summed E-state index contributed by atoms with van der Waals surface area (Å²) in [4.78, 5) is 32.5. The standard InChI is InChI=1S/C26H25ClN12O/c1-5-39-35-23(34-36-39)21-18(6-7-19(27)33-21)32-14(3)16-8-13(2)9-17-22(16)38-12-31-20(24(38)37(4)25(17)40)15-10-29-26(28)30-11-15/h6-12,14,32H,5H2,1-4H3,(H2,28,29,30). The number of anilines is 2. The number of nitrogen functional groups attached to an aromatic ring is 1. The van der Waals surface area contributed by atoms with Crippen LogP contribution in [0.3, 0.4) is 0 Å². The molecular formula is C26H25ClN12O. The zero-order valence-electron chi connectivity index (χ0n) is 22.2. The van der Waals surface area contributed by atoms with E-state index in [-0.39, 0.29) is 17.5 Å². The largest absolute Gasteiger partial charge is 0.377 e. The molecule has 0 aliphatic carbocycles. The van der Waals surface area contributed by atoms with Gasteiger partial charge in [-0.2, -0.15) is 4.80 Å². The zero-order chi connectivity index (χ0) is 28.1. The molecule has 0 amide bonds. The van der Waals surface area contributed by atoms with E-state index < -0.39 is 0 Å². The van der Waals surface area contributed by atoms with Crippen LogP contribution < -0.4 is 16.6 Å². The summed E-state index contributed by atoms with van der Waals surface area (Å²) in [7, 11) is 1.73. The number of nitrogens with two attached hydrogens (primary N) is 1. The van der Waals surface area contributed by atoms with Crippen LogP contribution >= 0.6 is 11.6 Å². The van der Waals surface area contributed by atoms with E-state index in [4.69, 9.17) is 17.3 Å². The van der Waals surface area contributed by atoms with Gasteiger partial charge in [0, 0.05) is 25.0 Å². The van der Waals surface area contributed by atoms with E-state index in [1.807, 2.05) is 37.3 Å². The number of benzene rings is 1. The van der Waals surface area contributed by atoms with Crippen LogP contribution in [0.4, 0.5) is 11.6 Å². The van der Waals surface area contributed by atoms with Crippen LogP contribution in [0, 0.1) is 6.92 Å². The summed E-state index contributed by atoms with van der Waals surface area (Å²) in [5.74, 6) is 0.516. The summed E-state index contributed by atoms with van der Waals surface area (Å²) in [6, 6.07) is 7.20. The first-order chi connectivity index (χ1) is 19.2. The quantitative estimate of drug-likeness (QED) is 0.291. The Balaban J connectivity index is 1.52. The summed E-state index contributed by atoms with van der Waals surface area (Å²) in [6.45, 7) is 6.47. The van der Waals surface area contributed by atoms with Crippen molar-refractivity contribution in [3.63, 3.8) is 0 Å². The van der Waals surface area contributed by atoms with Crippen LogP contribution in [0.1, 0.15) is 31.0 Å². The maximum Gasteiger partial charge on any atom is 0.261 e. The number of aromatic nitrogens is 10. The zero-order valence-corrected chi connectivity index (χ0v) is 22.9. The fourth-order valence-electron chi connectivity index (χ4n) is 4.84. The normalized spacial score (nSPS) is 12.3. The second kappa shape index (κ2) is 9.68. The van der Waals surface area contributed by atoms with Crippen molar-refractivity contribution >= 4 is 39.8 Å². The number of rotatable bonds is 6. The Bertz CT molecular complexity index is 1960. The number of halogens is 1. The van der Waals surface area contributed by atoms with E-state index in [1.54, 1.807) is 36.4 Å². The van der Waals surface area contributed by atoms with E-state index in [9.17, 15) is 4.79 Å². The van der Waals surface area contributed by atoms with Crippen LogP contribution in [0.15, 0.2) is 47.8 Å². The van der Waals surface area contributed by atoms with Crippen LogP contribution in [0.25, 0.3) is 39.3 Å². The molecular weight excluding hydrogens is 532 g/mol. The highest BCUT2D eigenvalue weighted by molar-refractivity contribution is 6.29. The van der Waals surface area contributed by atoms with Gasteiger partial charge in [-0.15, -0.1) is 10.2 Å². The molecule has 202 valence electrons. The van der Waals surface area contributed by atoms with Crippen LogP contribution in [0.2, 0.25) is 5.15 Å². The van der Waals surface area contributed by atoms with Gasteiger partial charge in [0.1, 0.15) is 28.5 Å². The van der Waals surface area contributed by atoms with Gasteiger partial charge in [-0.05, 0) is 55.3 Å². The van der Waals surface area contributed by atoms with Gasteiger partial charge in [-0.3, -0.25) is 13.8 Å². The topological polar surface area (TPSA) is 160 Å². The Kier molecular flexibility index (Phi) is 6.14. The number of fused-ring (bicyclic) bond motifs is 3. The first-order valence-corrected chi connectivity index (χ1v) is 12.9. The van der Waals surface area contributed by atoms with E-state index in [0.29, 0.717) is 51.2 Å². The molecule has 0 bridgehead atoms. The lowest BCUT2D eigenvalue weighted by molar-refractivity contribution is 0.552. The number of tetrazole rings is 1. The predicted octanol–water partition coefficient (Wildman–Crippen LogP) is 3.43. The number of nitrogens with one attached hydrogen (secondary N) is 1. The molecule has 5 heterocycles. The molecule has 5 aromatic heterocycles. The highest BCUT2D eigenvalue weighted by Crippen LogP contribution is 2.33. The fourth-order valence-corrected chi connectivity index (χ4v) is 4.99. The van der Waals surface area contributed by atoms with E-state index in [1.165, 1.54) is 4.80 Å². The summed E-state index contributed by atoms with van der Waals surface area (Å²) in [5.41, 5.74) is 11.1. The third-order valence-electron chi connectivity index (χ3n) is 6.71. The number of aryl methyl sites for hydroxylation is 3. The summed E-state index contributed by atoms with van der Waals surface area (Å²) in [5, 5.41) is 17.0. The van der Waals surface area contributed by atoms with E-state index >= 15 is 0 Å². The van der Waals surface area contributed by atoms with Gasteiger partial charge in [0.15, 0.2) is 0 Å². The predicted molar refractivity (Wildman–Crippen MR) is 152 cm³/mol. The summed E-state index contributed by atoms with van der Waals surface area (Å²) < 4.78 is 3.51. The minimum Gasteiger partial charge on any atom is -0.377 e. The van der Waals surface area contributed by atoms with Gasteiger partial charge in [0.2, 0.25) is 11.8 Å². The average molecular weight is 557 g/mol. The van der Waals surface area contributed by atoms with E-state index in [0.717, 1.165) is 16.6 Å². The smallest absolute Gasteiger partial charge is 0.261 e. The number of imidazole rings is 1. The molecule has 0 fully saturated rings. The second-order valence-electron chi connectivity index (χ2n) is 9.43. The van der Waals surface area contributed by atoms with Gasteiger partial charge < -0.3 is 11.1 Å². The van der Waals surface area contributed by atoms with Crippen LogP contribution in [0.5, 0.6) is 0 Å². The fraction of sp³-hybridized carbons (Fsp3) is 0.231. The molecule has 3 N–H and O–H groups in total. The van der Waals surface area contributed by atoms with Gasteiger partial charge in [0.25, 0.3) is 5.56 Å². The molecule has 0 spiro atoms. The molecule has 0 saturated carbocycles. The number of pyridine rings is 1. The molecule has 0 radical (unpaired) electrons. The second-order valence-corrected chi connectivity index (χ2v) is 9.82. The molecule has 14 heteroatoms. The minimum absolute atomic E-state index is 0.146. The van der Waals surface area contributed by atoms with Crippen molar-refractivity contribution in [1.29, 1.82) is 0 Å². The Hall–Kier alpha value is -4.91. The molecule has 0 aliphatic rings. The average Bonchev–Trinajstić information content (AvgIpc) is 3.60. The van der Waals surface area contributed by atoms with Gasteiger partial charge >= 0.3 is 0 Å². The van der Waals surface area contributed by atoms with Crippen molar-refractivity contribution in [2.24, 2.45) is 7.05 Å².